The number of rotatable bonds is 6. The van der Waals surface area contributed by atoms with E-state index >= 15 is 0 Å². The quantitative estimate of drug-likeness (QED) is 0.420. The number of hydrogen-bond donors (Lipinski definition) is 0. The molecular weight excluding hydrogens is 436 g/mol. The Hall–Kier alpha value is -3.22. The van der Waals surface area contributed by atoms with Crippen LogP contribution in [0.5, 0.6) is 0 Å². The average molecular weight is 457 g/mol. The first-order valence-electron chi connectivity index (χ1n) is 9.33. The van der Waals surface area contributed by atoms with Crippen molar-refractivity contribution in [3.63, 3.8) is 0 Å². The number of esters is 1. The molecule has 1 amide bonds. The first kappa shape index (κ1) is 22.5. The Labute approximate surface area is 183 Å². The van der Waals surface area contributed by atoms with E-state index in [1.807, 2.05) is 0 Å². The van der Waals surface area contributed by atoms with Gasteiger partial charge in [-0.1, -0.05) is 29.4 Å². The van der Waals surface area contributed by atoms with Crippen LogP contribution in [0.2, 0.25) is 0 Å². The molecule has 31 heavy (non-hydrogen) atoms. The molecular formula is C22H20N2O5S2. The van der Waals surface area contributed by atoms with Crippen LogP contribution >= 0.6 is 11.3 Å². The smallest absolute Gasteiger partial charge is 0.338 e. The summed E-state index contributed by atoms with van der Waals surface area (Å²) >= 11 is 1.25. The number of carbonyl (C=O) groups excluding carboxylic acids is 2. The highest BCUT2D eigenvalue weighted by atomic mass is 32.2. The Morgan fingerprint density at radius 1 is 1.19 bits per heavy atom. The number of carbonyl (C=O) groups is 2. The van der Waals surface area contributed by atoms with E-state index in [1.165, 1.54) is 23.5 Å². The van der Waals surface area contributed by atoms with Crippen molar-refractivity contribution in [2.45, 2.75) is 24.8 Å². The van der Waals surface area contributed by atoms with E-state index in [0.29, 0.717) is 15.9 Å². The molecule has 2 aromatic carbocycles. The number of amides is 1. The van der Waals surface area contributed by atoms with Crippen molar-refractivity contribution in [3.05, 3.63) is 58.4 Å². The summed E-state index contributed by atoms with van der Waals surface area (Å²) in [6.07, 6.45) is 6.63. The third kappa shape index (κ3) is 5.29. The van der Waals surface area contributed by atoms with Crippen LogP contribution in [0.1, 0.15) is 22.8 Å². The third-order valence-corrected chi connectivity index (χ3v) is 6.54. The van der Waals surface area contributed by atoms with Crippen molar-refractivity contribution in [3.8, 4) is 12.3 Å². The van der Waals surface area contributed by atoms with Crippen molar-refractivity contribution in [2.75, 3.05) is 12.9 Å². The van der Waals surface area contributed by atoms with Crippen LogP contribution < -0.4 is 4.80 Å². The number of hydrogen-bond acceptors (Lipinski definition) is 6. The topological polar surface area (TPSA) is 94.8 Å². The molecule has 3 rings (SSSR count). The lowest BCUT2D eigenvalue weighted by Gasteiger charge is -2.03. The molecule has 160 valence electrons. The minimum absolute atomic E-state index is 0.0163. The van der Waals surface area contributed by atoms with Crippen LogP contribution in [0.15, 0.2) is 52.4 Å². The molecule has 0 fully saturated rings. The fourth-order valence-electron chi connectivity index (χ4n) is 2.92. The van der Waals surface area contributed by atoms with Crippen LogP contribution in [0.3, 0.4) is 0 Å². The number of thiazole rings is 1. The van der Waals surface area contributed by atoms with Gasteiger partial charge in [-0.15, -0.1) is 6.42 Å². The molecule has 7 nitrogen and oxygen atoms in total. The maximum Gasteiger partial charge on any atom is 0.338 e. The van der Waals surface area contributed by atoms with Gasteiger partial charge in [-0.05, 0) is 42.8 Å². The van der Waals surface area contributed by atoms with E-state index in [4.69, 9.17) is 11.2 Å². The zero-order chi connectivity index (χ0) is 22.6. The predicted octanol–water partition coefficient (Wildman–Crippen LogP) is 2.59. The largest absolute Gasteiger partial charge is 0.462 e. The summed E-state index contributed by atoms with van der Waals surface area (Å²) in [6.45, 7) is 2.23. The molecule has 0 unspecified atom stereocenters. The summed E-state index contributed by atoms with van der Waals surface area (Å²) in [4.78, 5) is 29.4. The highest BCUT2D eigenvalue weighted by molar-refractivity contribution is 7.90. The standard InChI is InChI=1S/C22H20N2O5S2/c1-4-12-24-18-11-8-16(21(26)29-5-2)14-19(18)30-22(24)23-20(25)13-15-6-9-17(10-7-15)31(3,27)28/h1,6-11,14H,5,12-13H2,2-3H3. The van der Waals surface area contributed by atoms with Gasteiger partial charge in [-0.3, -0.25) is 4.79 Å². The third-order valence-electron chi connectivity index (χ3n) is 4.37. The van der Waals surface area contributed by atoms with Crippen molar-refractivity contribution in [2.24, 2.45) is 4.99 Å². The highest BCUT2D eigenvalue weighted by Crippen LogP contribution is 2.20. The first-order chi connectivity index (χ1) is 14.7. The van der Waals surface area contributed by atoms with Crippen LogP contribution in [-0.2, 0) is 32.3 Å². The first-order valence-corrected chi connectivity index (χ1v) is 12.0. The zero-order valence-corrected chi connectivity index (χ0v) is 18.6. The molecule has 0 atom stereocenters. The maximum atomic E-state index is 12.5. The Balaban J connectivity index is 1.94. The van der Waals surface area contributed by atoms with E-state index in [-0.39, 0.29) is 24.5 Å². The molecule has 0 spiro atoms. The normalized spacial score (nSPS) is 12.0. The molecule has 0 radical (unpaired) electrons. The number of terminal acetylenes is 1. The number of ether oxygens (including phenoxy) is 1. The van der Waals surface area contributed by atoms with Gasteiger partial charge in [0.05, 0.1) is 40.2 Å². The summed E-state index contributed by atoms with van der Waals surface area (Å²) in [5.41, 5.74) is 1.82. The van der Waals surface area contributed by atoms with Crippen molar-refractivity contribution in [1.82, 2.24) is 4.57 Å². The van der Waals surface area contributed by atoms with Crippen molar-refractivity contribution >= 4 is 43.3 Å². The molecule has 0 saturated carbocycles. The number of nitrogens with zero attached hydrogens (tertiary/aromatic N) is 2. The van der Waals surface area contributed by atoms with Crippen LogP contribution in [0.4, 0.5) is 0 Å². The minimum Gasteiger partial charge on any atom is -0.462 e. The summed E-state index contributed by atoms with van der Waals surface area (Å²) in [7, 11) is -3.30. The second-order valence-electron chi connectivity index (χ2n) is 6.68. The molecule has 0 bridgehead atoms. The van der Waals surface area contributed by atoms with E-state index < -0.39 is 21.7 Å². The van der Waals surface area contributed by atoms with Gasteiger partial charge in [0.25, 0.3) is 5.91 Å². The van der Waals surface area contributed by atoms with Gasteiger partial charge in [0.2, 0.25) is 0 Å². The van der Waals surface area contributed by atoms with E-state index in [1.54, 1.807) is 41.8 Å². The SMILES string of the molecule is C#CCn1c(=NC(=O)Cc2ccc(S(C)(=O)=O)cc2)sc2cc(C(=O)OCC)ccc21. The van der Waals surface area contributed by atoms with Gasteiger partial charge in [-0.25, -0.2) is 13.2 Å². The summed E-state index contributed by atoms with van der Waals surface area (Å²) < 4.78 is 30.6. The lowest BCUT2D eigenvalue weighted by atomic mass is 10.1. The molecule has 1 heterocycles. The number of aromatic nitrogens is 1. The minimum atomic E-state index is -3.30. The van der Waals surface area contributed by atoms with E-state index in [2.05, 4.69) is 10.9 Å². The zero-order valence-electron chi connectivity index (χ0n) is 17.0. The van der Waals surface area contributed by atoms with Crippen LogP contribution in [0.25, 0.3) is 10.2 Å². The number of benzene rings is 2. The Morgan fingerprint density at radius 3 is 2.52 bits per heavy atom. The molecule has 0 aliphatic carbocycles. The Morgan fingerprint density at radius 2 is 1.90 bits per heavy atom. The maximum absolute atomic E-state index is 12.5. The summed E-state index contributed by atoms with van der Waals surface area (Å²) in [5.74, 6) is 1.74. The summed E-state index contributed by atoms with van der Waals surface area (Å²) in [5, 5.41) is 0. The molecule has 0 saturated heterocycles. The molecule has 3 aromatic rings. The molecule has 0 aliphatic rings. The van der Waals surface area contributed by atoms with Crippen LogP contribution in [0, 0.1) is 12.3 Å². The Bertz CT molecular complexity index is 1360. The van der Waals surface area contributed by atoms with Gasteiger partial charge in [0.15, 0.2) is 14.6 Å². The van der Waals surface area contributed by atoms with Gasteiger partial charge in [-0.2, -0.15) is 4.99 Å². The van der Waals surface area contributed by atoms with Gasteiger partial charge >= 0.3 is 5.97 Å². The Kier molecular flexibility index (Phi) is 6.73. The fraction of sp³-hybridized carbons (Fsp3) is 0.227. The van der Waals surface area contributed by atoms with Gasteiger partial charge in [0, 0.05) is 6.26 Å². The second-order valence-corrected chi connectivity index (χ2v) is 9.70. The van der Waals surface area contributed by atoms with E-state index in [0.717, 1.165) is 16.5 Å². The molecule has 1 aromatic heterocycles. The molecule has 0 aliphatic heterocycles. The lowest BCUT2D eigenvalue weighted by molar-refractivity contribution is -0.117. The second kappa shape index (κ2) is 9.29. The predicted molar refractivity (Wildman–Crippen MR) is 118 cm³/mol. The van der Waals surface area contributed by atoms with Crippen molar-refractivity contribution in [1.29, 1.82) is 0 Å². The van der Waals surface area contributed by atoms with Gasteiger partial charge in [0.1, 0.15) is 0 Å². The summed E-state index contributed by atoms with van der Waals surface area (Å²) in [6, 6.07) is 11.2. The highest BCUT2D eigenvalue weighted by Gasteiger charge is 2.13. The lowest BCUT2D eigenvalue weighted by Crippen LogP contribution is -2.17. The monoisotopic (exact) mass is 456 g/mol. The van der Waals surface area contributed by atoms with Crippen LogP contribution in [-0.4, -0.2) is 37.7 Å². The fourth-order valence-corrected chi connectivity index (χ4v) is 4.64. The number of sulfone groups is 1. The molecule has 9 heteroatoms. The van der Waals surface area contributed by atoms with Crippen molar-refractivity contribution < 1.29 is 22.7 Å². The number of fused-ring (bicyclic) bond motifs is 1. The van der Waals surface area contributed by atoms with Gasteiger partial charge < -0.3 is 9.30 Å². The van der Waals surface area contributed by atoms with E-state index in [9.17, 15) is 18.0 Å². The average Bonchev–Trinajstić information content (AvgIpc) is 3.04. The molecule has 0 N–H and O–H groups in total.